The first kappa shape index (κ1) is 9.86. The molecule has 1 aromatic carbocycles. The molecule has 0 saturated carbocycles. The summed E-state index contributed by atoms with van der Waals surface area (Å²) in [5.74, 6) is 0.650. The van der Waals surface area contributed by atoms with Crippen molar-refractivity contribution in [3.63, 3.8) is 0 Å². The summed E-state index contributed by atoms with van der Waals surface area (Å²) < 4.78 is 5.30. The molecule has 0 aromatic heterocycles. The van der Waals surface area contributed by atoms with Crippen molar-refractivity contribution in [1.82, 2.24) is 0 Å². The van der Waals surface area contributed by atoms with Gasteiger partial charge in [-0.1, -0.05) is 12.1 Å². The molecule has 0 bridgehead atoms. The van der Waals surface area contributed by atoms with Gasteiger partial charge in [0.15, 0.2) is 11.5 Å². The summed E-state index contributed by atoms with van der Waals surface area (Å²) in [5, 5.41) is 9.49. The third-order valence-electron chi connectivity index (χ3n) is 1.80. The van der Waals surface area contributed by atoms with Crippen molar-refractivity contribution >= 4 is 0 Å². The Hall–Kier alpha value is -1.22. The van der Waals surface area contributed by atoms with Gasteiger partial charge in [-0.3, -0.25) is 0 Å². The number of aromatic hydroxyl groups is 1. The first-order chi connectivity index (χ1) is 6.16. The number of benzene rings is 1. The van der Waals surface area contributed by atoms with Crippen LogP contribution in [0.1, 0.15) is 25.5 Å². The monoisotopic (exact) mass is 181 g/mol. The quantitative estimate of drug-likeness (QED) is 0.747. The largest absolute Gasteiger partial charge is 0.504 e. The summed E-state index contributed by atoms with van der Waals surface area (Å²) in [4.78, 5) is 0. The summed E-state index contributed by atoms with van der Waals surface area (Å²) in [5.41, 5.74) is 6.56. The Morgan fingerprint density at radius 1 is 1.54 bits per heavy atom. The first-order valence-corrected chi connectivity index (χ1v) is 4.37. The van der Waals surface area contributed by atoms with Gasteiger partial charge < -0.3 is 15.6 Å². The van der Waals surface area contributed by atoms with E-state index in [1.54, 1.807) is 12.1 Å². The van der Waals surface area contributed by atoms with Crippen LogP contribution in [-0.4, -0.2) is 11.7 Å². The second-order valence-electron chi connectivity index (χ2n) is 2.92. The molecular weight excluding hydrogens is 166 g/mol. The summed E-state index contributed by atoms with van der Waals surface area (Å²) in [6, 6.07) is 5.08. The summed E-state index contributed by atoms with van der Waals surface area (Å²) in [7, 11) is 0. The number of hydrogen-bond donors (Lipinski definition) is 2. The number of para-hydroxylation sites is 1. The zero-order chi connectivity index (χ0) is 9.84. The standard InChI is InChI=1S/C10H15NO2/c1-3-13-10-8(7(2)11)5-4-6-9(10)12/h4-7,12H,3,11H2,1-2H3/t7-/m1/s1. The Bertz CT molecular complexity index is 284. The molecule has 13 heavy (non-hydrogen) atoms. The van der Waals surface area contributed by atoms with E-state index >= 15 is 0 Å². The van der Waals surface area contributed by atoms with Gasteiger partial charge in [0.2, 0.25) is 0 Å². The molecule has 0 aliphatic heterocycles. The maximum Gasteiger partial charge on any atom is 0.165 e. The van der Waals surface area contributed by atoms with Gasteiger partial charge in [-0.25, -0.2) is 0 Å². The summed E-state index contributed by atoms with van der Waals surface area (Å²) in [6.45, 7) is 4.26. The molecule has 0 fully saturated rings. The zero-order valence-electron chi connectivity index (χ0n) is 7.95. The van der Waals surface area contributed by atoms with Crippen molar-refractivity contribution in [2.45, 2.75) is 19.9 Å². The van der Waals surface area contributed by atoms with E-state index in [2.05, 4.69) is 0 Å². The van der Waals surface area contributed by atoms with Crippen LogP contribution in [0.2, 0.25) is 0 Å². The number of phenolic OH excluding ortho intramolecular Hbond substituents is 1. The molecule has 0 heterocycles. The van der Waals surface area contributed by atoms with Crippen LogP contribution in [0.3, 0.4) is 0 Å². The number of ether oxygens (including phenoxy) is 1. The van der Waals surface area contributed by atoms with E-state index in [1.807, 2.05) is 19.9 Å². The van der Waals surface area contributed by atoms with E-state index in [-0.39, 0.29) is 11.8 Å². The van der Waals surface area contributed by atoms with Crippen molar-refractivity contribution in [2.24, 2.45) is 5.73 Å². The average Bonchev–Trinajstić information content (AvgIpc) is 2.08. The average molecular weight is 181 g/mol. The highest BCUT2D eigenvalue weighted by atomic mass is 16.5. The van der Waals surface area contributed by atoms with Crippen molar-refractivity contribution in [1.29, 1.82) is 0 Å². The second-order valence-corrected chi connectivity index (χ2v) is 2.92. The Balaban J connectivity index is 3.09. The fraction of sp³-hybridized carbons (Fsp3) is 0.400. The maximum atomic E-state index is 9.49. The minimum atomic E-state index is -0.131. The molecule has 0 amide bonds. The predicted molar refractivity (Wildman–Crippen MR) is 51.9 cm³/mol. The van der Waals surface area contributed by atoms with E-state index in [0.29, 0.717) is 12.4 Å². The molecule has 3 heteroatoms. The van der Waals surface area contributed by atoms with Crippen LogP contribution in [0.5, 0.6) is 11.5 Å². The lowest BCUT2D eigenvalue weighted by atomic mass is 10.1. The highest BCUT2D eigenvalue weighted by Gasteiger charge is 2.11. The van der Waals surface area contributed by atoms with E-state index < -0.39 is 0 Å². The molecule has 0 radical (unpaired) electrons. The first-order valence-electron chi connectivity index (χ1n) is 4.37. The smallest absolute Gasteiger partial charge is 0.165 e. The Morgan fingerprint density at radius 3 is 2.77 bits per heavy atom. The SMILES string of the molecule is CCOc1c(O)cccc1[C@@H](C)N. The molecule has 0 unspecified atom stereocenters. The lowest BCUT2D eigenvalue weighted by Crippen LogP contribution is -2.07. The summed E-state index contributed by atoms with van der Waals surface area (Å²) in [6.07, 6.45) is 0. The zero-order valence-corrected chi connectivity index (χ0v) is 7.95. The van der Waals surface area contributed by atoms with Gasteiger partial charge in [-0.15, -0.1) is 0 Å². The summed E-state index contributed by atoms with van der Waals surface area (Å²) >= 11 is 0. The number of hydrogen-bond acceptors (Lipinski definition) is 3. The van der Waals surface area contributed by atoms with Crippen molar-refractivity contribution in [3.8, 4) is 11.5 Å². The molecule has 1 aromatic rings. The van der Waals surface area contributed by atoms with Crippen molar-refractivity contribution < 1.29 is 9.84 Å². The van der Waals surface area contributed by atoms with Crippen LogP contribution < -0.4 is 10.5 Å². The maximum absolute atomic E-state index is 9.49. The third-order valence-corrected chi connectivity index (χ3v) is 1.80. The van der Waals surface area contributed by atoms with Gasteiger partial charge >= 0.3 is 0 Å². The third kappa shape index (κ3) is 2.12. The van der Waals surface area contributed by atoms with Gasteiger partial charge in [0, 0.05) is 11.6 Å². The van der Waals surface area contributed by atoms with E-state index in [9.17, 15) is 5.11 Å². The topological polar surface area (TPSA) is 55.5 Å². The Labute approximate surface area is 78.1 Å². The van der Waals surface area contributed by atoms with Crippen LogP contribution in [-0.2, 0) is 0 Å². The highest BCUT2D eigenvalue weighted by Crippen LogP contribution is 2.32. The number of phenols is 1. The molecular formula is C10H15NO2. The number of rotatable bonds is 3. The molecule has 1 atom stereocenters. The van der Waals surface area contributed by atoms with Gasteiger partial charge in [-0.2, -0.15) is 0 Å². The van der Waals surface area contributed by atoms with Crippen LogP contribution in [0.15, 0.2) is 18.2 Å². The Kier molecular flexibility index (Phi) is 3.14. The van der Waals surface area contributed by atoms with Crippen molar-refractivity contribution in [2.75, 3.05) is 6.61 Å². The molecule has 1 rings (SSSR count). The van der Waals surface area contributed by atoms with Crippen LogP contribution in [0.4, 0.5) is 0 Å². The predicted octanol–water partition coefficient (Wildman–Crippen LogP) is 1.81. The molecule has 0 aliphatic carbocycles. The van der Waals surface area contributed by atoms with Crippen LogP contribution in [0, 0.1) is 0 Å². The second kappa shape index (κ2) is 4.14. The van der Waals surface area contributed by atoms with Gasteiger partial charge in [0.25, 0.3) is 0 Å². The fourth-order valence-electron chi connectivity index (χ4n) is 1.20. The molecule has 0 aliphatic rings. The van der Waals surface area contributed by atoms with Gasteiger partial charge in [0.1, 0.15) is 0 Å². The molecule has 3 nitrogen and oxygen atoms in total. The van der Waals surface area contributed by atoms with E-state index in [0.717, 1.165) is 5.56 Å². The minimum Gasteiger partial charge on any atom is -0.504 e. The van der Waals surface area contributed by atoms with E-state index in [1.165, 1.54) is 0 Å². The van der Waals surface area contributed by atoms with Gasteiger partial charge in [0.05, 0.1) is 6.61 Å². The van der Waals surface area contributed by atoms with Crippen molar-refractivity contribution in [3.05, 3.63) is 23.8 Å². The minimum absolute atomic E-state index is 0.131. The Morgan fingerprint density at radius 2 is 2.23 bits per heavy atom. The van der Waals surface area contributed by atoms with Gasteiger partial charge in [-0.05, 0) is 19.9 Å². The van der Waals surface area contributed by atoms with Crippen LogP contribution in [0.25, 0.3) is 0 Å². The molecule has 72 valence electrons. The fourth-order valence-corrected chi connectivity index (χ4v) is 1.20. The normalized spacial score (nSPS) is 12.5. The number of nitrogens with two attached hydrogens (primary N) is 1. The molecule has 3 N–H and O–H groups in total. The van der Waals surface area contributed by atoms with E-state index in [4.69, 9.17) is 10.5 Å². The van der Waals surface area contributed by atoms with Crippen LogP contribution >= 0.6 is 0 Å². The lowest BCUT2D eigenvalue weighted by molar-refractivity contribution is 0.313. The lowest BCUT2D eigenvalue weighted by Gasteiger charge is -2.13. The highest BCUT2D eigenvalue weighted by molar-refractivity contribution is 5.46. The molecule has 0 saturated heterocycles. The molecule has 0 spiro atoms.